The van der Waals surface area contributed by atoms with Gasteiger partial charge in [-0.05, 0) is 39.0 Å². The Morgan fingerprint density at radius 3 is 2.41 bits per heavy atom. The first-order valence-electron chi connectivity index (χ1n) is 10.0. The highest BCUT2D eigenvalue weighted by Crippen LogP contribution is 2.20. The van der Waals surface area contributed by atoms with E-state index < -0.39 is 35.7 Å². The Kier molecular flexibility index (Phi) is 8.85. The van der Waals surface area contributed by atoms with Crippen molar-refractivity contribution in [2.24, 2.45) is 16.8 Å². The maximum absolute atomic E-state index is 12.7. The minimum atomic E-state index is -0.709. The molecule has 164 valence electrons. The highest BCUT2D eigenvalue weighted by atomic mass is 16.6. The zero-order valence-corrected chi connectivity index (χ0v) is 18.7. The second-order valence-corrected chi connectivity index (χ2v) is 8.93. The summed E-state index contributed by atoms with van der Waals surface area (Å²) in [5, 5.41) is 3.09. The number of amides is 2. The van der Waals surface area contributed by atoms with Crippen LogP contribution in [-0.4, -0.2) is 59.5 Å². The van der Waals surface area contributed by atoms with Crippen LogP contribution in [0.1, 0.15) is 54.9 Å². The lowest BCUT2D eigenvalue weighted by molar-refractivity contribution is -0.158. The van der Waals surface area contributed by atoms with Crippen LogP contribution in [-0.2, 0) is 19.1 Å². The second-order valence-electron chi connectivity index (χ2n) is 8.93. The van der Waals surface area contributed by atoms with Crippen molar-refractivity contribution in [2.45, 2.75) is 72.6 Å². The molecule has 0 spiro atoms. The molecule has 1 rings (SSSR count). The number of esters is 1. The van der Waals surface area contributed by atoms with Gasteiger partial charge in [0.15, 0.2) is 0 Å². The molecule has 8 nitrogen and oxygen atoms in total. The molecule has 8 heteroatoms. The van der Waals surface area contributed by atoms with Gasteiger partial charge in [0.1, 0.15) is 30.6 Å². The zero-order chi connectivity index (χ0) is 22.4. The standard InChI is InChI=1S/C21H35N3O5/c1-9-10-28-20(27)24-12-16(25)22-18(15(24)11-13(2)3)23-17(14(4)5)19(26)29-21(6,7)8/h9,13-15,17H,1,10-12H2,2-8H3,(H,22,23,25)/t15?,17-/m0/s1. The van der Waals surface area contributed by atoms with Crippen molar-refractivity contribution in [3.05, 3.63) is 12.7 Å². The molecule has 2 amide bonds. The minimum Gasteiger partial charge on any atom is -0.458 e. The summed E-state index contributed by atoms with van der Waals surface area (Å²) in [5.41, 5.74) is -0.645. The molecule has 1 N–H and O–H groups in total. The fourth-order valence-corrected chi connectivity index (χ4v) is 2.89. The van der Waals surface area contributed by atoms with Gasteiger partial charge in [0.05, 0.1) is 6.04 Å². The van der Waals surface area contributed by atoms with Gasteiger partial charge >= 0.3 is 12.1 Å². The van der Waals surface area contributed by atoms with Crippen molar-refractivity contribution in [1.29, 1.82) is 0 Å². The number of aliphatic imine (C=N–C) groups is 1. The van der Waals surface area contributed by atoms with E-state index in [1.807, 2.05) is 27.7 Å². The SMILES string of the molecule is C=CCOC(=O)N1CC(=O)N=C(N[C@H](C(=O)OC(C)(C)C)C(C)C)C1CC(C)C. The normalized spacial score (nSPS) is 18.4. The number of hydrogen-bond acceptors (Lipinski definition) is 6. The predicted molar refractivity (Wildman–Crippen MR) is 112 cm³/mol. The van der Waals surface area contributed by atoms with Crippen LogP contribution in [0.5, 0.6) is 0 Å². The molecular formula is C21H35N3O5. The first-order valence-corrected chi connectivity index (χ1v) is 10.0. The van der Waals surface area contributed by atoms with Gasteiger partial charge in [0, 0.05) is 0 Å². The number of carbonyl (C=O) groups is 3. The third-order valence-electron chi connectivity index (χ3n) is 4.13. The monoisotopic (exact) mass is 409 g/mol. The molecule has 1 aliphatic heterocycles. The number of carbonyl (C=O) groups excluding carboxylic acids is 3. The van der Waals surface area contributed by atoms with E-state index in [0.29, 0.717) is 6.42 Å². The largest absolute Gasteiger partial charge is 0.458 e. The Morgan fingerprint density at radius 2 is 1.93 bits per heavy atom. The molecular weight excluding hydrogens is 374 g/mol. The smallest absolute Gasteiger partial charge is 0.411 e. The van der Waals surface area contributed by atoms with Gasteiger partial charge in [0.2, 0.25) is 0 Å². The molecule has 0 saturated carbocycles. The van der Waals surface area contributed by atoms with Crippen molar-refractivity contribution in [2.75, 3.05) is 13.2 Å². The second kappa shape index (κ2) is 10.4. The van der Waals surface area contributed by atoms with Crippen LogP contribution in [0.4, 0.5) is 4.79 Å². The summed E-state index contributed by atoms with van der Waals surface area (Å²) >= 11 is 0. The van der Waals surface area contributed by atoms with Crippen molar-refractivity contribution < 1.29 is 23.9 Å². The van der Waals surface area contributed by atoms with Gasteiger partial charge < -0.3 is 14.8 Å². The molecule has 0 aromatic carbocycles. The van der Waals surface area contributed by atoms with Crippen LogP contribution >= 0.6 is 0 Å². The molecule has 0 bridgehead atoms. The Labute approximate surface area is 173 Å². The molecule has 0 aromatic heterocycles. The zero-order valence-electron chi connectivity index (χ0n) is 18.7. The molecule has 0 aromatic rings. The topological polar surface area (TPSA) is 97.3 Å². The molecule has 0 saturated heterocycles. The number of nitrogens with zero attached hydrogens (tertiary/aromatic N) is 2. The highest BCUT2D eigenvalue weighted by Gasteiger charge is 2.38. The minimum absolute atomic E-state index is 0.0460. The molecule has 1 heterocycles. The molecule has 1 unspecified atom stereocenters. The van der Waals surface area contributed by atoms with E-state index in [9.17, 15) is 14.4 Å². The van der Waals surface area contributed by atoms with Crippen LogP contribution < -0.4 is 5.32 Å². The van der Waals surface area contributed by atoms with Crippen LogP contribution in [0, 0.1) is 11.8 Å². The third-order valence-corrected chi connectivity index (χ3v) is 4.13. The lowest BCUT2D eigenvalue weighted by Crippen LogP contribution is -2.59. The van der Waals surface area contributed by atoms with E-state index >= 15 is 0 Å². The predicted octanol–water partition coefficient (Wildman–Crippen LogP) is 2.92. The van der Waals surface area contributed by atoms with Crippen molar-refractivity contribution in [1.82, 2.24) is 10.2 Å². The van der Waals surface area contributed by atoms with E-state index in [1.165, 1.54) is 11.0 Å². The maximum atomic E-state index is 12.7. The summed E-state index contributed by atoms with van der Waals surface area (Å²) in [6.07, 6.45) is 1.41. The Balaban J connectivity index is 3.18. The van der Waals surface area contributed by atoms with E-state index in [-0.39, 0.29) is 30.8 Å². The van der Waals surface area contributed by atoms with Crippen LogP contribution in [0.2, 0.25) is 0 Å². The summed E-state index contributed by atoms with van der Waals surface area (Å²) in [6, 6.07) is -1.21. The fraction of sp³-hybridized carbons (Fsp3) is 0.714. The van der Waals surface area contributed by atoms with Gasteiger partial charge in [-0.15, -0.1) is 0 Å². The Hall–Kier alpha value is -2.38. The lowest BCUT2D eigenvalue weighted by Gasteiger charge is -2.37. The fourth-order valence-electron chi connectivity index (χ4n) is 2.89. The summed E-state index contributed by atoms with van der Waals surface area (Å²) in [4.78, 5) is 42.9. The highest BCUT2D eigenvalue weighted by molar-refractivity contribution is 6.04. The van der Waals surface area contributed by atoms with E-state index in [0.717, 1.165) is 0 Å². The molecule has 2 atom stereocenters. The molecule has 0 fully saturated rings. The number of rotatable bonds is 7. The average Bonchev–Trinajstić information content (AvgIpc) is 2.56. The third kappa shape index (κ3) is 7.87. The number of hydrogen-bond donors (Lipinski definition) is 1. The molecule has 29 heavy (non-hydrogen) atoms. The Morgan fingerprint density at radius 1 is 1.31 bits per heavy atom. The summed E-state index contributed by atoms with van der Waals surface area (Å²) in [5.74, 6) is -0.526. The van der Waals surface area contributed by atoms with Gasteiger partial charge in [-0.25, -0.2) is 9.59 Å². The van der Waals surface area contributed by atoms with Gasteiger partial charge in [-0.1, -0.05) is 40.3 Å². The maximum Gasteiger partial charge on any atom is 0.411 e. The van der Waals surface area contributed by atoms with E-state index in [4.69, 9.17) is 9.47 Å². The van der Waals surface area contributed by atoms with Crippen molar-refractivity contribution in [3.8, 4) is 0 Å². The first-order chi connectivity index (χ1) is 13.4. The van der Waals surface area contributed by atoms with Gasteiger partial charge in [0.25, 0.3) is 5.91 Å². The quantitative estimate of drug-likeness (QED) is 0.513. The Bertz CT molecular complexity index is 649. The summed E-state index contributed by atoms with van der Waals surface area (Å²) in [7, 11) is 0. The number of amidine groups is 1. The van der Waals surface area contributed by atoms with E-state index in [2.05, 4.69) is 16.9 Å². The number of nitrogens with one attached hydrogen (secondary N) is 1. The van der Waals surface area contributed by atoms with Crippen molar-refractivity contribution >= 4 is 23.8 Å². The van der Waals surface area contributed by atoms with Crippen LogP contribution in [0.15, 0.2) is 17.6 Å². The first kappa shape index (κ1) is 24.7. The molecule has 1 aliphatic rings. The number of ether oxygens (including phenoxy) is 2. The van der Waals surface area contributed by atoms with Crippen LogP contribution in [0.25, 0.3) is 0 Å². The summed E-state index contributed by atoms with van der Waals surface area (Å²) in [6.45, 7) is 16.6. The lowest BCUT2D eigenvalue weighted by atomic mass is 9.98. The molecule has 0 aliphatic carbocycles. The van der Waals surface area contributed by atoms with Gasteiger partial charge in [-0.2, -0.15) is 4.99 Å². The van der Waals surface area contributed by atoms with Gasteiger partial charge in [-0.3, -0.25) is 9.69 Å². The molecule has 0 radical (unpaired) electrons. The van der Waals surface area contributed by atoms with Crippen molar-refractivity contribution in [3.63, 3.8) is 0 Å². The average molecular weight is 410 g/mol. The van der Waals surface area contributed by atoms with E-state index in [1.54, 1.807) is 20.8 Å². The summed E-state index contributed by atoms with van der Waals surface area (Å²) < 4.78 is 10.7. The van der Waals surface area contributed by atoms with Crippen LogP contribution in [0.3, 0.4) is 0 Å².